The first-order chi connectivity index (χ1) is 2.89. The van der Waals surface area contributed by atoms with E-state index in [1.807, 2.05) is 24.3 Å². The summed E-state index contributed by atoms with van der Waals surface area (Å²) in [5.74, 6) is 0. The first-order valence-corrected chi connectivity index (χ1v) is 1.93. The largest absolute Gasteiger partial charge is 0.0918 e. The zero-order valence-corrected chi connectivity index (χ0v) is 3.52. The van der Waals surface area contributed by atoms with Gasteiger partial charge in [0.15, 0.2) is 0 Å². The summed E-state index contributed by atoms with van der Waals surface area (Å²) in [6.45, 7) is 3.68. The van der Waals surface area contributed by atoms with Crippen molar-refractivity contribution in [1.82, 2.24) is 0 Å². The molecule has 0 bridgehead atoms. The third kappa shape index (κ3) is 0.410. The van der Waals surface area contributed by atoms with E-state index in [1.165, 1.54) is 0 Å². The van der Waals surface area contributed by atoms with Crippen molar-refractivity contribution in [2.75, 3.05) is 0 Å². The fraction of sp³-hybridized carbons (Fsp3) is 0. The second-order valence-electron chi connectivity index (χ2n) is 1.29. The second-order valence-corrected chi connectivity index (χ2v) is 1.29. The molecule has 0 nitrogen and oxygen atoms in total. The maximum absolute atomic E-state index is 3.68. The van der Waals surface area contributed by atoms with Gasteiger partial charge in [-0.3, -0.25) is 0 Å². The van der Waals surface area contributed by atoms with Crippen LogP contribution in [0.2, 0.25) is 0 Å². The normalized spacial score (nSPS) is 17.0. The molecule has 0 aromatic rings. The van der Waals surface area contributed by atoms with Crippen molar-refractivity contribution in [3.63, 3.8) is 0 Å². The molecule has 0 heterocycles. The molecule has 0 N–H and O–H groups in total. The van der Waals surface area contributed by atoms with Crippen LogP contribution in [0.1, 0.15) is 1.43 Å². The lowest BCUT2D eigenvalue weighted by molar-refractivity contribution is 1.85. The Morgan fingerprint density at radius 1 is 1.33 bits per heavy atom. The number of hydrogen-bond acceptors (Lipinski definition) is 0. The van der Waals surface area contributed by atoms with E-state index in [1.54, 1.807) is 0 Å². The molecule has 0 aromatic carbocycles. The standard InChI is InChI=1S/C6H6.H2/c1-6-4-2-3-5-6;/h2-5H,1H2;1H. The molecular formula is C6H8. The van der Waals surface area contributed by atoms with Crippen LogP contribution < -0.4 is 0 Å². The van der Waals surface area contributed by atoms with Crippen LogP contribution >= 0.6 is 0 Å². The molecule has 0 amide bonds. The van der Waals surface area contributed by atoms with Gasteiger partial charge in [0.2, 0.25) is 0 Å². The molecule has 32 valence electrons. The Morgan fingerprint density at radius 3 is 2.00 bits per heavy atom. The summed E-state index contributed by atoms with van der Waals surface area (Å²) in [7, 11) is 0. The first kappa shape index (κ1) is 3.41. The van der Waals surface area contributed by atoms with Gasteiger partial charge in [-0.2, -0.15) is 0 Å². The predicted molar refractivity (Wildman–Crippen MR) is 29.5 cm³/mol. The van der Waals surface area contributed by atoms with E-state index in [-0.39, 0.29) is 1.43 Å². The Kier molecular flexibility index (Phi) is 0.643. The predicted octanol–water partition coefficient (Wildman–Crippen LogP) is 1.91. The van der Waals surface area contributed by atoms with Gasteiger partial charge in [-0.25, -0.2) is 0 Å². The van der Waals surface area contributed by atoms with Crippen molar-refractivity contribution in [3.05, 3.63) is 36.5 Å². The lowest BCUT2D eigenvalue weighted by atomic mass is 10.4. The van der Waals surface area contributed by atoms with Crippen LogP contribution in [0.4, 0.5) is 0 Å². The van der Waals surface area contributed by atoms with Crippen LogP contribution in [0.15, 0.2) is 36.5 Å². The third-order valence-electron chi connectivity index (χ3n) is 0.732. The van der Waals surface area contributed by atoms with Crippen molar-refractivity contribution < 1.29 is 1.43 Å². The SMILES string of the molecule is C=C1C=CC=C1.[HH]. The highest BCUT2D eigenvalue weighted by Gasteiger charge is 1.80. The molecule has 0 saturated heterocycles. The molecule has 0 aromatic heterocycles. The van der Waals surface area contributed by atoms with Gasteiger partial charge in [0.05, 0.1) is 0 Å². The fourth-order valence-corrected chi connectivity index (χ4v) is 0.414. The summed E-state index contributed by atoms with van der Waals surface area (Å²) in [4.78, 5) is 0. The van der Waals surface area contributed by atoms with Crippen LogP contribution in [0.25, 0.3) is 0 Å². The molecule has 0 fully saturated rings. The van der Waals surface area contributed by atoms with Crippen molar-refractivity contribution in [2.45, 2.75) is 0 Å². The van der Waals surface area contributed by atoms with Gasteiger partial charge in [-0.15, -0.1) is 0 Å². The van der Waals surface area contributed by atoms with E-state index in [0.29, 0.717) is 0 Å². The Bertz CT molecular complexity index is 106. The quantitative estimate of drug-likeness (QED) is 0.417. The van der Waals surface area contributed by atoms with E-state index in [2.05, 4.69) is 6.58 Å². The molecule has 0 unspecified atom stereocenters. The number of rotatable bonds is 0. The average Bonchev–Trinajstić information content (AvgIpc) is 1.86. The Morgan fingerprint density at radius 2 is 1.83 bits per heavy atom. The zero-order chi connectivity index (χ0) is 4.41. The minimum absolute atomic E-state index is 0. The summed E-state index contributed by atoms with van der Waals surface area (Å²) in [5.41, 5.74) is 1.09. The molecule has 1 aliphatic carbocycles. The van der Waals surface area contributed by atoms with Crippen LogP contribution in [-0.2, 0) is 0 Å². The van der Waals surface area contributed by atoms with Crippen molar-refractivity contribution in [2.24, 2.45) is 0 Å². The Labute approximate surface area is 39.0 Å². The fourth-order valence-electron chi connectivity index (χ4n) is 0.414. The number of hydrogen-bond donors (Lipinski definition) is 0. The topological polar surface area (TPSA) is 0 Å². The third-order valence-corrected chi connectivity index (χ3v) is 0.732. The lowest BCUT2D eigenvalue weighted by Gasteiger charge is -1.71. The van der Waals surface area contributed by atoms with Crippen molar-refractivity contribution in [3.8, 4) is 0 Å². The zero-order valence-electron chi connectivity index (χ0n) is 3.52. The Hall–Kier alpha value is -0.780. The lowest BCUT2D eigenvalue weighted by Crippen LogP contribution is -1.50. The molecule has 0 spiro atoms. The monoisotopic (exact) mass is 80.1 g/mol. The van der Waals surface area contributed by atoms with Gasteiger partial charge in [-0.1, -0.05) is 30.9 Å². The summed E-state index contributed by atoms with van der Waals surface area (Å²) in [6.07, 6.45) is 7.89. The average molecular weight is 80.1 g/mol. The van der Waals surface area contributed by atoms with Crippen molar-refractivity contribution >= 4 is 0 Å². The van der Waals surface area contributed by atoms with Gasteiger partial charge in [-0.05, 0) is 5.57 Å². The van der Waals surface area contributed by atoms with Gasteiger partial charge in [0.1, 0.15) is 0 Å². The van der Waals surface area contributed by atoms with E-state index in [9.17, 15) is 0 Å². The van der Waals surface area contributed by atoms with Crippen molar-refractivity contribution in [1.29, 1.82) is 0 Å². The molecular weight excluding hydrogens is 72.1 g/mol. The van der Waals surface area contributed by atoms with Gasteiger partial charge in [0, 0.05) is 1.43 Å². The van der Waals surface area contributed by atoms with E-state index in [0.717, 1.165) is 5.57 Å². The smallest absolute Gasteiger partial charge is 0 e. The van der Waals surface area contributed by atoms with Crippen LogP contribution in [0.3, 0.4) is 0 Å². The highest BCUT2D eigenvalue weighted by atomic mass is 13.9. The van der Waals surface area contributed by atoms with Crippen LogP contribution in [-0.4, -0.2) is 0 Å². The summed E-state index contributed by atoms with van der Waals surface area (Å²) < 4.78 is 0. The van der Waals surface area contributed by atoms with Crippen LogP contribution in [0, 0.1) is 0 Å². The van der Waals surface area contributed by atoms with E-state index >= 15 is 0 Å². The summed E-state index contributed by atoms with van der Waals surface area (Å²) in [5, 5.41) is 0. The van der Waals surface area contributed by atoms with E-state index < -0.39 is 0 Å². The summed E-state index contributed by atoms with van der Waals surface area (Å²) >= 11 is 0. The maximum Gasteiger partial charge on any atom is 0 e. The second kappa shape index (κ2) is 1.13. The van der Waals surface area contributed by atoms with Gasteiger partial charge >= 0.3 is 0 Å². The minimum Gasteiger partial charge on any atom is -0.0918 e. The van der Waals surface area contributed by atoms with Gasteiger partial charge < -0.3 is 0 Å². The number of allylic oxidation sites excluding steroid dienone is 5. The molecule has 1 rings (SSSR count). The molecule has 0 atom stereocenters. The molecule has 1 aliphatic rings. The Balaban J connectivity index is 0.000000360. The van der Waals surface area contributed by atoms with Crippen LogP contribution in [0.5, 0.6) is 0 Å². The molecule has 6 heavy (non-hydrogen) atoms. The van der Waals surface area contributed by atoms with Gasteiger partial charge in [0.25, 0.3) is 0 Å². The molecule has 0 heteroatoms. The maximum atomic E-state index is 3.68. The summed E-state index contributed by atoms with van der Waals surface area (Å²) in [6, 6.07) is 0. The molecule has 0 aliphatic heterocycles. The minimum atomic E-state index is 0. The molecule has 0 radical (unpaired) electrons. The molecule has 0 saturated carbocycles. The first-order valence-electron chi connectivity index (χ1n) is 1.93. The highest BCUT2D eigenvalue weighted by molar-refractivity contribution is 5.37. The van der Waals surface area contributed by atoms with E-state index in [4.69, 9.17) is 0 Å². The highest BCUT2D eigenvalue weighted by Crippen LogP contribution is 2.01.